The average molecular weight is 200 g/mol. The Bertz CT molecular complexity index is 356. The van der Waals surface area contributed by atoms with E-state index >= 15 is 0 Å². The fraction of sp³-hybridized carbons (Fsp3) is 0.333. The predicted molar refractivity (Wildman–Crippen MR) is 68.1 cm³/mol. The minimum absolute atomic E-state index is 1.05. The third-order valence-electron chi connectivity index (χ3n) is 2.65. The highest BCUT2D eigenvalue weighted by atomic mass is 14.1. The summed E-state index contributed by atoms with van der Waals surface area (Å²) < 4.78 is 0. The third kappa shape index (κ3) is 3.39. The van der Waals surface area contributed by atoms with Gasteiger partial charge in [-0.25, -0.2) is 0 Å². The molecule has 1 rings (SSSR count). The fourth-order valence-electron chi connectivity index (χ4n) is 1.77. The number of rotatable bonds is 4. The highest BCUT2D eigenvalue weighted by Gasteiger charge is 2.00. The zero-order valence-electron chi connectivity index (χ0n) is 9.96. The van der Waals surface area contributed by atoms with E-state index in [1.807, 2.05) is 0 Å². The fourth-order valence-corrected chi connectivity index (χ4v) is 1.77. The lowest BCUT2D eigenvalue weighted by molar-refractivity contribution is 1.06. The number of aryl methyl sites for hydroxylation is 1. The van der Waals surface area contributed by atoms with Crippen molar-refractivity contribution in [1.82, 2.24) is 0 Å². The summed E-state index contributed by atoms with van der Waals surface area (Å²) in [4.78, 5) is 0. The highest BCUT2D eigenvalue weighted by molar-refractivity contribution is 5.34. The maximum atomic E-state index is 2.23. The van der Waals surface area contributed by atoms with Crippen LogP contribution in [0.15, 0.2) is 48.1 Å². The van der Waals surface area contributed by atoms with Crippen LogP contribution in [0, 0.1) is 0 Å². The summed E-state index contributed by atoms with van der Waals surface area (Å²) in [7, 11) is 0. The van der Waals surface area contributed by atoms with Crippen molar-refractivity contribution >= 4 is 0 Å². The van der Waals surface area contributed by atoms with Crippen LogP contribution < -0.4 is 0 Å². The number of allylic oxidation sites excluding steroid dienone is 4. The number of benzene rings is 1. The normalized spacial score (nSPS) is 12.3. The first-order chi connectivity index (χ1) is 7.31. The van der Waals surface area contributed by atoms with E-state index in [4.69, 9.17) is 0 Å². The van der Waals surface area contributed by atoms with E-state index in [0.29, 0.717) is 0 Å². The van der Waals surface area contributed by atoms with Crippen LogP contribution in [0.3, 0.4) is 0 Å². The molecule has 0 atom stereocenters. The quantitative estimate of drug-likeness (QED) is 0.635. The van der Waals surface area contributed by atoms with Crippen molar-refractivity contribution in [1.29, 1.82) is 0 Å². The number of hydrogen-bond acceptors (Lipinski definition) is 0. The summed E-state index contributed by atoms with van der Waals surface area (Å²) in [5, 5.41) is 0. The molecule has 0 unspecified atom stereocenters. The zero-order chi connectivity index (χ0) is 11.1. The lowest BCUT2D eigenvalue weighted by Gasteiger charge is -2.07. The van der Waals surface area contributed by atoms with Gasteiger partial charge in [-0.3, -0.25) is 0 Å². The molecule has 0 nitrogen and oxygen atoms in total. The van der Waals surface area contributed by atoms with Gasteiger partial charge < -0.3 is 0 Å². The predicted octanol–water partition coefficient (Wildman–Crippen LogP) is 4.31. The van der Waals surface area contributed by atoms with E-state index in [1.165, 1.54) is 16.7 Å². The van der Waals surface area contributed by atoms with E-state index in [2.05, 4.69) is 63.3 Å². The van der Waals surface area contributed by atoms with Crippen molar-refractivity contribution in [2.45, 2.75) is 33.6 Å². The van der Waals surface area contributed by atoms with Crippen LogP contribution in [0.25, 0.3) is 0 Å². The van der Waals surface area contributed by atoms with E-state index in [-0.39, 0.29) is 0 Å². The van der Waals surface area contributed by atoms with Gasteiger partial charge in [-0.05, 0) is 43.4 Å². The van der Waals surface area contributed by atoms with Crippen LogP contribution in [-0.4, -0.2) is 0 Å². The first-order valence-corrected chi connectivity index (χ1v) is 5.66. The Hall–Kier alpha value is -1.30. The smallest absolute Gasteiger partial charge is 0.00264 e. The van der Waals surface area contributed by atoms with Gasteiger partial charge in [0.05, 0.1) is 0 Å². The Morgan fingerprint density at radius 2 is 1.80 bits per heavy atom. The van der Waals surface area contributed by atoms with Crippen LogP contribution in [0.4, 0.5) is 0 Å². The third-order valence-corrected chi connectivity index (χ3v) is 2.65. The van der Waals surface area contributed by atoms with E-state index in [0.717, 1.165) is 12.8 Å². The van der Waals surface area contributed by atoms with Gasteiger partial charge in [-0.1, -0.05) is 49.4 Å². The molecule has 1 aromatic carbocycles. The van der Waals surface area contributed by atoms with Gasteiger partial charge in [-0.15, -0.1) is 0 Å². The summed E-state index contributed by atoms with van der Waals surface area (Å²) in [5.41, 5.74) is 4.30. The highest BCUT2D eigenvalue weighted by Crippen LogP contribution is 2.15. The minimum Gasteiger partial charge on any atom is -0.0874 e. The van der Waals surface area contributed by atoms with Gasteiger partial charge in [-0.2, -0.15) is 0 Å². The van der Waals surface area contributed by atoms with Crippen molar-refractivity contribution < 1.29 is 0 Å². The van der Waals surface area contributed by atoms with E-state index in [9.17, 15) is 0 Å². The molecule has 15 heavy (non-hydrogen) atoms. The minimum atomic E-state index is 1.05. The van der Waals surface area contributed by atoms with Crippen molar-refractivity contribution in [3.8, 4) is 0 Å². The van der Waals surface area contributed by atoms with Crippen molar-refractivity contribution in [2.75, 3.05) is 0 Å². The molecule has 0 saturated carbocycles. The van der Waals surface area contributed by atoms with Crippen molar-refractivity contribution in [2.24, 2.45) is 0 Å². The van der Waals surface area contributed by atoms with Crippen molar-refractivity contribution in [3.63, 3.8) is 0 Å². The molecule has 0 heteroatoms. The summed E-state index contributed by atoms with van der Waals surface area (Å²) >= 11 is 0. The van der Waals surface area contributed by atoms with Crippen LogP contribution in [0.2, 0.25) is 0 Å². The van der Waals surface area contributed by atoms with Gasteiger partial charge in [0.15, 0.2) is 0 Å². The second kappa shape index (κ2) is 6.23. The lowest BCUT2D eigenvalue weighted by Crippen LogP contribution is -1.94. The monoisotopic (exact) mass is 200 g/mol. The summed E-state index contributed by atoms with van der Waals surface area (Å²) in [6, 6.07) is 8.69. The molecule has 0 bridgehead atoms. The molecule has 80 valence electrons. The summed E-state index contributed by atoms with van der Waals surface area (Å²) in [6.07, 6.45) is 8.64. The van der Waals surface area contributed by atoms with E-state index in [1.54, 1.807) is 0 Å². The molecular weight excluding hydrogens is 180 g/mol. The Morgan fingerprint density at radius 3 is 2.33 bits per heavy atom. The lowest BCUT2D eigenvalue weighted by atomic mass is 9.98. The Kier molecular flexibility index (Phi) is 4.89. The standard InChI is InChI=1S/C15H20/c1-4-9-13(5-2)12-15-11-8-7-10-14(15)6-3/h4-5,7-11H,6,12H2,1-3H3/b9-4-,13-5+. The molecule has 0 heterocycles. The molecule has 0 aromatic heterocycles. The van der Waals surface area contributed by atoms with Crippen LogP contribution >= 0.6 is 0 Å². The number of hydrogen-bond donors (Lipinski definition) is 0. The molecule has 0 radical (unpaired) electrons. The maximum absolute atomic E-state index is 2.23. The molecule has 0 saturated heterocycles. The Balaban J connectivity index is 2.88. The van der Waals surface area contributed by atoms with Gasteiger partial charge in [0, 0.05) is 0 Å². The molecule has 0 fully saturated rings. The second-order valence-corrected chi connectivity index (χ2v) is 3.66. The molecule has 0 aliphatic rings. The largest absolute Gasteiger partial charge is 0.0874 e. The molecule has 1 aromatic rings. The average Bonchev–Trinajstić information content (AvgIpc) is 2.29. The molecule has 0 aliphatic carbocycles. The molecular formula is C15H20. The molecule has 0 N–H and O–H groups in total. The Labute approximate surface area is 93.3 Å². The first-order valence-electron chi connectivity index (χ1n) is 5.66. The molecule has 0 aliphatic heterocycles. The topological polar surface area (TPSA) is 0 Å². The Morgan fingerprint density at radius 1 is 1.13 bits per heavy atom. The van der Waals surface area contributed by atoms with Gasteiger partial charge in [0.1, 0.15) is 0 Å². The van der Waals surface area contributed by atoms with Crippen molar-refractivity contribution in [3.05, 3.63) is 59.2 Å². The molecule has 0 amide bonds. The SMILES string of the molecule is C/C=C\C(=C/C)Cc1ccccc1CC. The summed E-state index contributed by atoms with van der Waals surface area (Å²) in [6.45, 7) is 6.38. The van der Waals surface area contributed by atoms with Crippen LogP contribution in [0.5, 0.6) is 0 Å². The molecule has 0 spiro atoms. The second-order valence-electron chi connectivity index (χ2n) is 3.66. The van der Waals surface area contributed by atoms with Gasteiger partial charge >= 0.3 is 0 Å². The van der Waals surface area contributed by atoms with Crippen LogP contribution in [-0.2, 0) is 12.8 Å². The van der Waals surface area contributed by atoms with Crippen LogP contribution in [0.1, 0.15) is 31.9 Å². The summed E-state index contributed by atoms with van der Waals surface area (Å²) in [5.74, 6) is 0. The maximum Gasteiger partial charge on any atom is -0.00264 e. The van der Waals surface area contributed by atoms with E-state index < -0.39 is 0 Å². The first kappa shape index (κ1) is 11.8. The van der Waals surface area contributed by atoms with Gasteiger partial charge in [0.2, 0.25) is 0 Å². The van der Waals surface area contributed by atoms with Gasteiger partial charge in [0.25, 0.3) is 0 Å². The zero-order valence-corrected chi connectivity index (χ0v) is 9.96.